The lowest BCUT2D eigenvalue weighted by molar-refractivity contribution is -0.127. The summed E-state index contributed by atoms with van der Waals surface area (Å²) in [6, 6.07) is 1.15. The second-order valence-electron chi connectivity index (χ2n) is 2.82. The number of methoxy groups -OCH3 is 1. The van der Waals surface area contributed by atoms with E-state index in [1.807, 2.05) is 0 Å². The van der Waals surface area contributed by atoms with Crippen molar-refractivity contribution in [2.75, 3.05) is 7.11 Å². The Morgan fingerprint density at radius 1 is 1.53 bits per heavy atom. The predicted molar refractivity (Wildman–Crippen MR) is 45.3 cm³/mol. The van der Waals surface area contributed by atoms with Crippen molar-refractivity contribution in [3.05, 3.63) is 29.6 Å². The van der Waals surface area contributed by atoms with Crippen molar-refractivity contribution >= 4 is 5.97 Å². The summed E-state index contributed by atoms with van der Waals surface area (Å²) in [5.41, 5.74) is -0.290. The number of halogens is 3. The third kappa shape index (κ3) is 3.23. The quantitative estimate of drug-likeness (QED) is 0.714. The van der Waals surface area contributed by atoms with E-state index in [9.17, 15) is 18.0 Å². The molecule has 0 aromatic carbocycles. The van der Waals surface area contributed by atoms with Crippen LogP contribution in [-0.4, -0.2) is 24.2 Å². The molecule has 0 radical (unpaired) electrons. The summed E-state index contributed by atoms with van der Waals surface area (Å²) >= 11 is 0. The maximum absolute atomic E-state index is 12.1. The summed E-state index contributed by atoms with van der Waals surface area (Å²) in [4.78, 5) is 14.7. The number of pyridine rings is 1. The van der Waals surface area contributed by atoms with E-state index >= 15 is 0 Å². The Morgan fingerprint density at radius 2 is 2.20 bits per heavy atom. The molecule has 15 heavy (non-hydrogen) atoms. The Hall–Kier alpha value is -1.59. The van der Waals surface area contributed by atoms with Crippen molar-refractivity contribution in [3.8, 4) is 0 Å². The molecule has 0 saturated carbocycles. The summed E-state index contributed by atoms with van der Waals surface area (Å²) in [7, 11) is 1.10. The lowest BCUT2D eigenvalue weighted by Gasteiger charge is -2.09. The van der Waals surface area contributed by atoms with Gasteiger partial charge in [-0.05, 0) is 11.6 Å². The molecule has 0 amide bonds. The minimum absolute atomic E-state index is 0.135. The molecular formula is C9H8F3NO2. The van der Waals surface area contributed by atoms with Crippen LogP contribution in [0.5, 0.6) is 0 Å². The van der Waals surface area contributed by atoms with E-state index in [-0.39, 0.29) is 11.1 Å². The summed E-state index contributed by atoms with van der Waals surface area (Å²) in [5.74, 6) is -0.817. The highest BCUT2D eigenvalue weighted by Gasteiger charge is 2.30. The van der Waals surface area contributed by atoms with Gasteiger partial charge in [-0.15, -0.1) is 0 Å². The third-order valence-corrected chi connectivity index (χ3v) is 1.71. The van der Waals surface area contributed by atoms with E-state index in [1.54, 1.807) is 0 Å². The van der Waals surface area contributed by atoms with Crippen LogP contribution < -0.4 is 0 Å². The van der Waals surface area contributed by atoms with E-state index < -0.39 is 18.6 Å². The van der Waals surface area contributed by atoms with Gasteiger partial charge in [-0.3, -0.25) is 4.98 Å². The zero-order valence-electron chi connectivity index (χ0n) is 7.84. The van der Waals surface area contributed by atoms with Crippen LogP contribution in [0.15, 0.2) is 18.5 Å². The molecule has 6 heteroatoms. The van der Waals surface area contributed by atoms with E-state index in [4.69, 9.17) is 0 Å². The molecule has 0 saturated heterocycles. The highest BCUT2D eigenvalue weighted by Crippen LogP contribution is 2.23. The monoisotopic (exact) mass is 219 g/mol. The Balaban J connectivity index is 3.02. The number of alkyl halides is 3. The third-order valence-electron chi connectivity index (χ3n) is 1.71. The lowest BCUT2D eigenvalue weighted by Crippen LogP contribution is -2.15. The fraction of sp³-hybridized carbons (Fsp3) is 0.333. The van der Waals surface area contributed by atoms with Crippen LogP contribution >= 0.6 is 0 Å². The van der Waals surface area contributed by atoms with Gasteiger partial charge >= 0.3 is 12.1 Å². The van der Waals surface area contributed by atoms with Crippen molar-refractivity contribution in [1.29, 1.82) is 0 Å². The molecule has 1 heterocycles. The molecule has 1 rings (SSSR count). The molecule has 0 aliphatic carbocycles. The molecule has 0 fully saturated rings. The van der Waals surface area contributed by atoms with Crippen LogP contribution in [-0.2, 0) is 11.2 Å². The molecule has 0 atom stereocenters. The Morgan fingerprint density at radius 3 is 2.73 bits per heavy atom. The van der Waals surface area contributed by atoms with Gasteiger partial charge < -0.3 is 4.74 Å². The van der Waals surface area contributed by atoms with Crippen LogP contribution in [0.3, 0.4) is 0 Å². The maximum Gasteiger partial charge on any atom is 0.393 e. The van der Waals surface area contributed by atoms with Crippen LogP contribution in [0.1, 0.15) is 15.9 Å². The summed E-state index contributed by atoms with van der Waals surface area (Å²) in [5, 5.41) is 0. The number of aromatic nitrogens is 1. The molecule has 0 aliphatic heterocycles. The standard InChI is InChI=1S/C9H8F3NO2/c1-15-8(14)7-5-13-3-2-6(7)4-9(10,11)12/h2-3,5H,4H2,1H3. The Bertz CT molecular complexity index is 363. The van der Waals surface area contributed by atoms with Crippen LogP contribution in [0.2, 0.25) is 0 Å². The van der Waals surface area contributed by atoms with E-state index in [0.717, 1.165) is 19.4 Å². The topological polar surface area (TPSA) is 39.2 Å². The fourth-order valence-corrected chi connectivity index (χ4v) is 1.09. The molecule has 0 bridgehead atoms. The number of rotatable bonds is 2. The van der Waals surface area contributed by atoms with Gasteiger partial charge in [-0.1, -0.05) is 0 Å². The molecule has 1 aromatic heterocycles. The molecule has 82 valence electrons. The van der Waals surface area contributed by atoms with E-state index in [1.165, 1.54) is 6.20 Å². The maximum atomic E-state index is 12.1. The second-order valence-corrected chi connectivity index (χ2v) is 2.82. The number of ether oxygens (including phenoxy) is 1. The van der Waals surface area contributed by atoms with Gasteiger partial charge in [-0.2, -0.15) is 13.2 Å². The molecular weight excluding hydrogens is 211 g/mol. The molecule has 0 spiro atoms. The first kappa shape index (κ1) is 11.5. The predicted octanol–water partition coefficient (Wildman–Crippen LogP) is 1.97. The van der Waals surface area contributed by atoms with Gasteiger partial charge in [0.05, 0.1) is 19.1 Å². The average Bonchev–Trinajstić information content (AvgIpc) is 2.15. The van der Waals surface area contributed by atoms with Crippen LogP contribution in [0.25, 0.3) is 0 Å². The summed E-state index contributed by atoms with van der Waals surface area (Å²) < 4.78 is 40.7. The van der Waals surface area contributed by atoms with Gasteiger partial charge in [0.25, 0.3) is 0 Å². The zero-order valence-corrected chi connectivity index (χ0v) is 7.84. The van der Waals surface area contributed by atoms with Gasteiger partial charge in [0.1, 0.15) is 0 Å². The van der Waals surface area contributed by atoms with E-state index in [0.29, 0.717) is 0 Å². The van der Waals surface area contributed by atoms with Crippen molar-refractivity contribution in [1.82, 2.24) is 4.98 Å². The molecule has 1 aromatic rings. The van der Waals surface area contributed by atoms with Crippen LogP contribution in [0, 0.1) is 0 Å². The first-order valence-corrected chi connectivity index (χ1v) is 4.02. The Kier molecular flexibility index (Phi) is 3.28. The number of carbonyl (C=O) groups is 1. The molecule has 0 N–H and O–H groups in total. The van der Waals surface area contributed by atoms with Crippen molar-refractivity contribution in [2.24, 2.45) is 0 Å². The normalized spacial score (nSPS) is 11.2. The highest BCUT2D eigenvalue weighted by molar-refractivity contribution is 5.90. The number of hydrogen-bond donors (Lipinski definition) is 0. The highest BCUT2D eigenvalue weighted by atomic mass is 19.4. The number of hydrogen-bond acceptors (Lipinski definition) is 3. The first-order chi connectivity index (χ1) is 6.94. The molecule has 0 unspecified atom stereocenters. The number of nitrogens with zero attached hydrogens (tertiary/aromatic N) is 1. The second kappa shape index (κ2) is 4.29. The SMILES string of the molecule is COC(=O)c1cnccc1CC(F)(F)F. The summed E-state index contributed by atoms with van der Waals surface area (Å²) in [6.45, 7) is 0. The van der Waals surface area contributed by atoms with Gasteiger partial charge in [-0.25, -0.2) is 4.79 Å². The Labute approximate surface area is 83.9 Å². The van der Waals surface area contributed by atoms with E-state index in [2.05, 4.69) is 9.72 Å². The molecule has 0 aliphatic rings. The summed E-state index contributed by atoms with van der Waals surface area (Å²) in [6.07, 6.45) is -3.26. The smallest absolute Gasteiger partial charge is 0.393 e. The first-order valence-electron chi connectivity index (χ1n) is 4.02. The minimum atomic E-state index is -4.36. The fourth-order valence-electron chi connectivity index (χ4n) is 1.09. The number of carbonyl (C=O) groups excluding carboxylic acids is 1. The largest absolute Gasteiger partial charge is 0.465 e. The van der Waals surface area contributed by atoms with Crippen LogP contribution in [0.4, 0.5) is 13.2 Å². The zero-order chi connectivity index (χ0) is 11.5. The molecule has 3 nitrogen and oxygen atoms in total. The van der Waals surface area contributed by atoms with Crippen molar-refractivity contribution in [2.45, 2.75) is 12.6 Å². The number of esters is 1. The lowest BCUT2D eigenvalue weighted by atomic mass is 10.1. The van der Waals surface area contributed by atoms with Crippen molar-refractivity contribution < 1.29 is 22.7 Å². The average molecular weight is 219 g/mol. The van der Waals surface area contributed by atoms with Crippen molar-refractivity contribution in [3.63, 3.8) is 0 Å². The van der Waals surface area contributed by atoms with Gasteiger partial charge in [0.15, 0.2) is 0 Å². The van der Waals surface area contributed by atoms with Gasteiger partial charge in [0, 0.05) is 12.4 Å². The minimum Gasteiger partial charge on any atom is -0.465 e. The van der Waals surface area contributed by atoms with Gasteiger partial charge in [0.2, 0.25) is 0 Å².